The third-order valence-corrected chi connectivity index (χ3v) is 2.77. The average Bonchev–Trinajstić information content (AvgIpc) is 2.71. The van der Waals surface area contributed by atoms with Gasteiger partial charge in [-0.15, -0.1) is 0 Å². The van der Waals surface area contributed by atoms with Crippen LogP contribution in [0, 0.1) is 3.57 Å². The molecule has 0 aliphatic rings. The van der Waals surface area contributed by atoms with E-state index < -0.39 is 0 Å². The van der Waals surface area contributed by atoms with E-state index in [1.165, 1.54) is 0 Å². The van der Waals surface area contributed by atoms with Gasteiger partial charge in [0.2, 0.25) is 0 Å². The number of hydrogen-bond donors (Lipinski definition) is 1. The molecule has 0 saturated carbocycles. The van der Waals surface area contributed by atoms with E-state index in [1.54, 1.807) is 12.4 Å². The summed E-state index contributed by atoms with van der Waals surface area (Å²) in [5.41, 5.74) is 0.729. The lowest BCUT2D eigenvalue weighted by Crippen LogP contribution is -2.04. The molecule has 76 valence electrons. The van der Waals surface area contributed by atoms with Crippen LogP contribution in [0.1, 0.15) is 16.2 Å². The predicted molar refractivity (Wildman–Crippen MR) is 65.8 cm³/mol. The van der Waals surface area contributed by atoms with Crippen molar-refractivity contribution in [3.8, 4) is 0 Å². The van der Waals surface area contributed by atoms with Crippen molar-refractivity contribution in [3.63, 3.8) is 0 Å². The van der Waals surface area contributed by atoms with Crippen LogP contribution >= 0.6 is 22.6 Å². The van der Waals surface area contributed by atoms with Crippen LogP contribution < -0.4 is 0 Å². The van der Waals surface area contributed by atoms with Crippen molar-refractivity contribution in [2.75, 3.05) is 0 Å². The van der Waals surface area contributed by atoms with Crippen LogP contribution in [0.3, 0.4) is 0 Å². The number of benzene rings is 1. The van der Waals surface area contributed by atoms with E-state index in [0.717, 1.165) is 9.13 Å². The van der Waals surface area contributed by atoms with Crippen molar-refractivity contribution >= 4 is 28.4 Å². The number of aromatic amines is 1. The largest absolute Gasteiger partial charge is 0.348 e. The predicted octanol–water partition coefficient (Wildman–Crippen LogP) is 2.44. The molecule has 1 heterocycles. The maximum Gasteiger partial charge on any atom is 0.170 e. The highest BCUT2D eigenvalue weighted by atomic mass is 127. The molecule has 1 N–H and O–H groups in total. The molecule has 0 aliphatic carbocycles. The van der Waals surface area contributed by atoms with Crippen LogP contribution in [-0.2, 0) is 6.42 Å². The number of nitrogens with zero attached hydrogens (tertiary/aromatic N) is 1. The first-order chi connectivity index (χ1) is 7.25. The molecule has 0 aliphatic heterocycles. The average molecular weight is 312 g/mol. The zero-order chi connectivity index (χ0) is 10.7. The maximum atomic E-state index is 11.8. The van der Waals surface area contributed by atoms with Crippen LogP contribution in [0.5, 0.6) is 0 Å². The van der Waals surface area contributed by atoms with Crippen molar-refractivity contribution in [1.29, 1.82) is 0 Å². The smallest absolute Gasteiger partial charge is 0.170 e. The molecule has 2 rings (SSSR count). The highest BCUT2D eigenvalue weighted by Crippen LogP contribution is 2.09. The molecule has 1 aromatic heterocycles. The fourth-order valence-electron chi connectivity index (χ4n) is 1.28. The van der Waals surface area contributed by atoms with Gasteiger partial charge in [-0.25, -0.2) is 4.98 Å². The standard InChI is InChI=1S/C11H9IN2O/c12-9-3-1-8(2-4-9)10(15)7-11-13-5-6-14-11/h1-6H,7H2,(H,13,14). The zero-order valence-electron chi connectivity index (χ0n) is 7.90. The van der Waals surface area contributed by atoms with Gasteiger partial charge in [0.15, 0.2) is 5.78 Å². The molecule has 4 heteroatoms. The molecular formula is C11H9IN2O. The molecular weight excluding hydrogens is 303 g/mol. The second kappa shape index (κ2) is 4.57. The summed E-state index contributed by atoms with van der Waals surface area (Å²) in [6.07, 6.45) is 3.70. The Morgan fingerprint density at radius 1 is 1.33 bits per heavy atom. The Labute approximate surface area is 101 Å². The van der Waals surface area contributed by atoms with Gasteiger partial charge in [0.1, 0.15) is 5.82 Å². The lowest BCUT2D eigenvalue weighted by atomic mass is 10.1. The van der Waals surface area contributed by atoms with E-state index in [-0.39, 0.29) is 5.78 Å². The Morgan fingerprint density at radius 2 is 2.07 bits per heavy atom. The van der Waals surface area contributed by atoms with Gasteiger partial charge in [-0.05, 0) is 34.7 Å². The molecule has 1 aromatic carbocycles. The topological polar surface area (TPSA) is 45.8 Å². The monoisotopic (exact) mass is 312 g/mol. The number of Topliss-reactive ketones (excluding diaryl/α,β-unsaturated/α-hetero) is 1. The highest BCUT2D eigenvalue weighted by molar-refractivity contribution is 14.1. The van der Waals surface area contributed by atoms with Gasteiger partial charge in [-0.1, -0.05) is 12.1 Å². The molecule has 0 saturated heterocycles. The van der Waals surface area contributed by atoms with Crippen molar-refractivity contribution in [2.45, 2.75) is 6.42 Å². The third-order valence-electron chi connectivity index (χ3n) is 2.05. The summed E-state index contributed by atoms with van der Waals surface area (Å²) in [7, 11) is 0. The number of carbonyl (C=O) groups is 1. The van der Waals surface area contributed by atoms with E-state index in [1.807, 2.05) is 24.3 Å². The first kappa shape index (κ1) is 10.4. The van der Waals surface area contributed by atoms with Crippen LogP contribution in [0.15, 0.2) is 36.7 Å². The molecule has 0 amide bonds. The minimum Gasteiger partial charge on any atom is -0.348 e. The number of halogens is 1. The van der Waals surface area contributed by atoms with Gasteiger partial charge >= 0.3 is 0 Å². The first-order valence-corrected chi connectivity index (χ1v) is 5.60. The number of nitrogens with one attached hydrogen (secondary N) is 1. The number of H-pyrrole nitrogens is 1. The molecule has 0 spiro atoms. The summed E-state index contributed by atoms with van der Waals surface area (Å²) in [6, 6.07) is 7.53. The minimum absolute atomic E-state index is 0.0846. The fraction of sp³-hybridized carbons (Fsp3) is 0.0909. The summed E-state index contributed by atoms with van der Waals surface area (Å²) in [6.45, 7) is 0. The zero-order valence-corrected chi connectivity index (χ0v) is 10.1. The summed E-state index contributed by atoms with van der Waals surface area (Å²) in [5, 5.41) is 0. The van der Waals surface area contributed by atoms with Gasteiger partial charge in [-0.3, -0.25) is 4.79 Å². The molecule has 15 heavy (non-hydrogen) atoms. The van der Waals surface area contributed by atoms with Crippen molar-refractivity contribution in [1.82, 2.24) is 9.97 Å². The van der Waals surface area contributed by atoms with Crippen molar-refractivity contribution < 1.29 is 4.79 Å². The van der Waals surface area contributed by atoms with Gasteiger partial charge in [0.05, 0.1) is 6.42 Å². The number of hydrogen-bond acceptors (Lipinski definition) is 2. The fourth-order valence-corrected chi connectivity index (χ4v) is 1.64. The number of aromatic nitrogens is 2. The van der Waals surface area contributed by atoms with E-state index >= 15 is 0 Å². The Kier molecular flexibility index (Phi) is 3.15. The molecule has 0 unspecified atom stereocenters. The van der Waals surface area contributed by atoms with Gasteiger partial charge in [0.25, 0.3) is 0 Å². The first-order valence-electron chi connectivity index (χ1n) is 4.53. The Hall–Kier alpha value is -1.17. The van der Waals surface area contributed by atoms with E-state index in [4.69, 9.17) is 0 Å². The Morgan fingerprint density at radius 3 is 2.67 bits per heavy atom. The molecule has 3 nitrogen and oxygen atoms in total. The summed E-state index contributed by atoms with van der Waals surface area (Å²) in [4.78, 5) is 18.7. The molecule has 0 bridgehead atoms. The number of rotatable bonds is 3. The van der Waals surface area contributed by atoms with E-state index in [2.05, 4.69) is 32.6 Å². The summed E-state index contributed by atoms with van der Waals surface area (Å²) < 4.78 is 1.13. The summed E-state index contributed by atoms with van der Waals surface area (Å²) in [5.74, 6) is 0.792. The molecule has 2 aromatic rings. The quantitative estimate of drug-likeness (QED) is 0.699. The van der Waals surface area contributed by atoms with Crippen LogP contribution in [0.2, 0.25) is 0 Å². The van der Waals surface area contributed by atoms with Crippen LogP contribution in [0.4, 0.5) is 0 Å². The minimum atomic E-state index is 0.0846. The van der Waals surface area contributed by atoms with E-state index in [0.29, 0.717) is 12.2 Å². The third kappa shape index (κ3) is 2.65. The Bertz CT molecular complexity index is 448. The van der Waals surface area contributed by atoms with Gasteiger partial charge in [-0.2, -0.15) is 0 Å². The molecule has 0 fully saturated rings. The molecule has 0 atom stereocenters. The second-order valence-corrected chi connectivity index (χ2v) is 4.39. The van der Waals surface area contributed by atoms with Crippen LogP contribution in [0.25, 0.3) is 0 Å². The van der Waals surface area contributed by atoms with Gasteiger partial charge in [0, 0.05) is 21.5 Å². The highest BCUT2D eigenvalue weighted by Gasteiger charge is 2.07. The lowest BCUT2D eigenvalue weighted by molar-refractivity contribution is 0.0991. The lowest BCUT2D eigenvalue weighted by Gasteiger charge is -1.98. The van der Waals surface area contributed by atoms with Crippen molar-refractivity contribution in [3.05, 3.63) is 51.6 Å². The SMILES string of the molecule is O=C(Cc1ncc[nH]1)c1ccc(I)cc1. The van der Waals surface area contributed by atoms with Crippen LogP contribution in [-0.4, -0.2) is 15.8 Å². The maximum absolute atomic E-state index is 11.8. The normalized spacial score (nSPS) is 10.2. The van der Waals surface area contributed by atoms with Gasteiger partial charge < -0.3 is 4.98 Å². The number of imidazole rings is 1. The summed E-state index contributed by atoms with van der Waals surface area (Å²) >= 11 is 2.21. The Balaban J connectivity index is 2.11. The number of ketones is 1. The van der Waals surface area contributed by atoms with E-state index in [9.17, 15) is 4.79 Å². The second-order valence-electron chi connectivity index (χ2n) is 3.14. The number of carbonyl (C=O) groups excluding carboxylic acids is 1. The van der Waals surface area contributed by atoms with Crippen molar-refractivity contribution in [2.24, 2.45) is 0 Å². The molecule has 0 radical (unpaired) electrons.